The van der Waals surface area contributed by atoms with Crippen molar-refractivity contribution in [1.29, 1.82) is 0 Å². The average Bonchev–Trinajstić information content (AvgIpc) is 2.58. The Morgan fingerprint density at radius 2 is 1.24 bits per heavy atom. The highest BCUT2D eigenvalue weighted by Crippen LogP contribution is 2.50. The molecule has 1 heterocycles. The molecule has 1 aliphatic heterocycles. The SMILES string of the molecule is CCN(CC)C1C(C)=C(Br)N1c1c(C(C)(C)C)cc(C(C)(C)C)cc1C(C)(C)C. The maximum Gasteiger partial charge on any atom is 0.112 e. The Labute approximate surface area is 188 Å². The van der Waals surface area contributed by atoms with Gasteiger partial charge < -0.3 is 4.90 Å². The number of likely N-dealkylation sites (N-methyl/N-ethyl adjacent to an activating group) is 1. The molecule has 3 heteroatoms. The van der Waals surface area contributed by atoms with Gasteiger partial charge >= 0.3 is 0 Å². The summed E-state index contributed by atoms with van der Waals surface area (Å²) in [6.45, 7) is 29.9. The van der Waals surface area contributed by atoms with Crippen LogP contribution in [0.5, 0.6) is 0 Å². The van der Waals surface area contributed by atoms with Gasteiger partial charge in [0.2, 0.25) is 0 Å². The molecule has 0 saturated heterocycles. The Balaban J connectivity index is 2.89. The highest BCUT2D eigenvalue weighted by molar-refractivity contribution is 9.11. The van der Waals surface area contributed by atoms with Gasteiger partial charge in [-0.05, 0) is 74.5 Å². The molecule has 0 amide bonds. The van der Waals surface area contributed by atoms with Crippen LogP contribution in [0.4, 0.5) is 5.69 Å². The van der Waals surface area contributed by atoms with Crippen molar-refractivity contribution in [2.45, 2.75) is 105 Å². The van der Waals surface area contributed by atoms with Crippen molar-refractivity contribution in [3.05, 3.63) is 39.0 Å². The van der Waals surface area contributed by atoms with E-state index in [9.17, 15) is 0 Å². The molecule has 29 heavy (non-hydrogen) atoms. The lowest BCUT2D eigenvalue weighted by Crippen LogP contribution is -2.56. The van der Waals surface area contributed by atoms with Gasteiger partial charge in [-0.15, -0.1) is 0 Å². The molecule has 0 saturated carbocycles. The van der Waals surface area contributed by atoms with Crippen molar-refractivity contribution in [3.63, 3.8) is 0 Å². The van der Waals surface area contributed by atoms with Gasteiger partial charge in [0.25, 0.3) is 0 Å². The molecule has 164 valence electrons. The third-order valence-electron chi connectivity index (χ3n) is 6.16. The summed E-state index contributed by atoms with van der Waals surface area (Å²) < 4.78 is 1.23. The minimum Gasteiger partial charge on any atom is -0.315 e. The predicted octanol–water partition coefficient (Wildman–Crippen LogP) is 7.69. The summed E-state index contributed by atoms with van der Waals surface area (Å²) in [7, 11) is 0. The van der Waals surface area contributed by atoms with E-state index in [4.69, 9.17) is 0 Å². The Morgan fingerprint density at radius 3 is 1.55 bits per heavy atom. The predicted molar refractivity (Wildman–Crippen MR) is 133 cm³/mol. The number of benzene rings is 1. The summed E-state index contributed by atoms with van der Waals surface area (Å²) in [4.78, 5) is 5.10. The summed E-state index contributed by atoms with van der Waals surface area (Å²) in [6.07, 6.45) is 0.321. The zero-order valence-electron chi connectivity index (χ0n) is 20.9. The number of anilines is 1. The largest absolute Gasteiger partial charge is 0.315 e. The van der Waals surface area contributed by atoms with Gasteiger partial charge in [-0.3, -0.25) is 4.90 Å². The third-order valence-corrected chi connectivity index (χ3v) is 7.17. The maximum absolute atomic E-state index is 3.93. The summed E-state index contributed by atoms with van der Waals surface area (Å²) in [5, 5.41) is 0. The lowest BCUT2D eigenvalue weighted by molar-refractivity contribution is 0.228. The van der Waals surface area contributed by atoms with Crippen molar-refractivity contribution in [2.24, 2.45) is 0 Å². The van der Waals surface area contributed by atoms with Crippen molar-refractivity contribution in [1.82, 2.24) is 4.90 Å². The monoisotopic (exact) mass is 462 g/mol. The van der Waals surface area contributed by atoms with E-state index < -0.39 is 0 Å². The smallest absolute Gasteiger partial charge is 0.112 e. The van der Waals surface area contributed by atoms with Crippen LogP contribution in [0.3, 0.4) is 0 Å². The molecule has 0 spiro atoms. The number of hydrogen-bond acceptors (Lipinski definition) is 2. The van der Waals surface area contributed by atoms with E-state index in [1.165, 1.54) is 32.6 Å². The Bertz CT molecular complexity index is 745. The second-order valence-corrected chi connectivity index (χ2v) is 12.4. The fraction of sp³-hybridized carbons (Fsp3) is 0.692. The number of hydrogen-bond donors (Lipinski definition) is 0. The average molecular weight is 464 g/mol. The van der Waals surface area contributed by atoms with Crippen molar-refractivity contribution in [2.75, 3.05) is 18.0 Å². The molecule has 1 atom stereocenters. The lowest BCUT2D eigenvalue weighted by atomic mass is 9.73. The van der Waals surface area contributed by atoms with E-state index in [1.807, 2.05) is 0 Å². The van der Waals surface area contributed by atoms with Crippen LogP contribution in [0.15, 0.2) is 22.3 Å². The minimum absolute atomic E-state index is 0.0567. The quantitative estimate of drug-likeness (QED) is 0.422. The molecule has 0 fully saturated rings. The second-order valence-electron chi connectivity index (χ2n) is 11.6. The molecule has 1 aromatic carbocycles. The van der Waals surface area contributed by atoms with Crippen molar-refractivity contribution < 1.29 is 0 Å². The fourth-order valence-electron chi connectivity index (χ4n) is 4.23. The molecule has 1 aromatic rings. The highest BCUT2D eigenvalue weighted by atomic mass is 79.9. The van der Waals surface area contributed by atoms with E-state index in [1.54, 1.807) is 0 Å². The van der Waals surface area contributed by atoms with Gasteiger partial charge in [0, 0.05) is 0 Å². The molecule has 2 rings (SSSR count). The van der Waals surface area contributed by atoms with E-state index in [0.29, 0.717) is 6.17 Å². The zero-order chi connectivity index (χ0) is 22.5. The Morgan fingerprint density at radius 1 is 0.828 bits per heavy atom. The normalized spacial score (nSPS) is 18.6. The maximum atomic E-state index is 3.93. The van der Waals surface area contributed by atoms with Crippen LogP contribution in [-0.4, -0.2) is 24.2 Å². The molecule has 0 aliphatic carbocycles. The Hall–Kier alpha value is -0.800. The van der Waals surface area contributed by atoms with E-state index in [-0.39, 0.29) is 16.2 Å². The highest BCUT2D eigenvalue weighted by Gasteiger charge is 2.42. The van der Waals surface area contributed by atoms with Gasteiger partial charge in [0.1, 0.15) is 6.17 Å². The lowest BCUT2D eigenvalue weighted by Gasteiger charge is -2.51. The fourth-order valence-corrected chi connectivity index (χ4v) is 4.80. The molecule has 0 N–H and O–H groups in total. The van der Waals surface area contributed by atoms with Crippen LogP contribution in [0.25, 0.3) is 0 Å². The molecule has 0 radical (unpaired) electrons. The topological polar surface area (TPSA) is 6.48 Å². The molecular formula is C26H43BrN2. The summed E-state index contributed by atoms with van der Waals surface area (Å²) in [6, 6.07) is 4.94. The number of halogens is 1. The van der Waals surface area contributed by atoms with Crippen LogP contribution >= 0.6 is 15.9 Å². The zero-order valence-corrected chi connectivity index (χ0v) is 22.5. The molecule has 2 nitrogen and oxygen atoms in total. The standard InChI is InChI=1S/C26H43BrN2/c1-13-28(14-2)23-17(3)22(27)29(23)21-19(25(7,8)9)15-18(24(4,5)6)16-20(21)26(10,11)12/h15-16,23H,13-14H2,1-12H3. The molecule has 1 unspecified atom stereocenters. The summed E-state index contributed by atoms with van der Waals surface area (Å²) >= 11 is 3.93. The first kappa shape index (κ1) is 24.5. The van der Waals surface area contributed by atoms with Crippen LogP contribution in [-0.2, 0) is 16.2 Å². The summed E-state index contributed by atoms with van der Waals surface area (Å²) in [5.74, 6) is 0. The summed E-state index contributed by atoms with van der Waals surface area (Å²) in [5.41, 5.74) is 7.36. The van der Waals surface area contributed by atoms with E-state index in [0.717, 1.165) is 13.1 Å². The first-order chi connectivity index (χ1) is 13.1. The number of nitrogens with zero attached hydrogens (tertiary/aromatic N) is 2. The second kappa shape index (κ2) is 8.04. The molecule has 0 bridgehead atoms. The van der Waals surface area contributed by atoms with E-state index in [2.05, 4.69) is 121 Å². The molecule has 0 aromatic heterocycles. The molecule has 1 aliphatic rings. The van der Waals surface area contributed by atoms with Crippen LogP contribution in [0, 0.1) is 0 Å². The van der Waals surface area contributed by atoms with Gasteiger partial charge in [0.05, 0.1) is 10.3 Å². The van der Waals surface area contributed by atoms with Gasteiger partial charge in [-0.2, -0.15) is 0 Å². The number of rotatable bonds is 4. The third kappa shape index (κ3) is 4.61. The molecular weight excluding hydrogens is 420 g/mol. The van der Waals surface area contributed by atoms with Gasteiger partial charge in [-0.25, -0.2) is 0 Å². The van der Waals surface area contributed by atoms with Crippen molar-refractivity contribution >= 4 is 21.6 Å². The Kier molecular flexibility index (Phi) is 6.78. The van der Waals surface area contributed by atoms with Crippen LogP contribution < -0.4 is 4.90 Å². The van der Waals surface area contributed by atoms with Crippen LogP contribution in [0.2, 0.25) is 0 Å². The first-order valence-electron chi connectivity index (χ1n) is 11.1. The van der Waals surface area contributed by atoms with Crippen LogP contribution in [0.1, 0.15) is 99.8 Å². The van der Waals surface area contributed by atoms with Crippen molar-refractivity contribution in [3.8, 4) is 0 Å². The van der Waals surface area contributed by atoms with Gasteiger partial charge in [0.15, 0.2) is 0 Å². The minimum atomic E-state index is 0.0567. The van der Waals surface area contributed by atoms with E-state index >= 15 is 0 Å². The van der Waals surface area contributed by atoms with Gasteiger partial charge in [-0.1, -0.05) is 88.3 Å². The first-order valence-corrected chi connectivity index (χ1v) is 11.9.